The van der Waals surface area contributed by atoms with Gasteiger partial charge in [-0.25, -0.2) is 0 Å². The highest BCUT2D eigenvalue weighted by atomic mass is 16.5. The molecular weight excluding hydrogens is 490 g/mol. The van der Waals surface area contributed by atoms with Gasteiger partial charge in [-0.05, 0) is 72.6 Å². The lowest BCUT2D eigenvalue weighted by molar-refractivity contribution is 0.176. The number of allylic oxidation sites excluding steroid dienone is 3. The third kappa shape index (κ3) is 3.76. The first-order valence-electron chi connectivity index (χ1n) is 14.7. The molecule has 0 bridgehead atoms. The van der Waals surface area contributed by atoms with Crippen LogP contribution < -0.4 is 15.0 Å². The zero-order valence-corrected chi connectivity index (χ0v) is 22.5. The molecule has 1 N–H and O–H groups in total. The summed E-state index contributed by atoms with van der Waals surface area (Å²) in [7, 11) is 0. The molecule has 0 radical (unpaired) electrons. The number of rotatable bonds is 3. The van der Waals surface area contributed by atoms with Crippen LogP contribution in [0.5, 0.6) is 5.75 Å². The molecule has 1 saturated heterocycles. The van der Waals surface area contributed by atoms with Crippen LogP contribution in [-0.2, 0) is 0 Å². The van der Waals surface area contributed by atoms with Crippen LogP contribution >= 0.6 is 0 Å². The van der Waals surface area contributed by atoms with E-state index in [4.69, 9.17) is 4.74 Å². The van der Waals surface area contributed by atoms with E-state index < -0.39 is 0 Å². The number of benzene rings is 3. The van der Waals surface area contributed by atoms with Gasteiger partial charge in [0.25, 0.3) is 0 Å². The van der Waals surface area contributed by atoms with Gasteiger partial charge in [0.2, 0.25) is 0 Å². The quantitative estimate of drug-likeness (QED) is 0.364. The predicted molar refractivity (Wildman–Crippen MR) is 160 cm³/mol. The number of para-hydroxylation sites is 2. The van der Waals surface area contributed by atoms with Crippen LogP contribution in [0.1, 0.15) is 54.2 Å². The van der Waals surface area contributed by atoms with Crippen molar-refractivity contribution in [1.29, 1.82) is 5.26 Å². The van der Waals surface area contributed by atoms with E-state index >= 15 is 0 Å². The first kappa shape index (κ1) is 23.8. The lowest BCUT2D eigenvalue weighted by Gasteiger charge is -2.35. The average molecular weight is 524 g/mol. The maximum absolute atomic E-state index is 9.38. The van der Waals surface area contributed by atoms with Crippen molar-refractivity contribution >= 4 is 16.9 Å². The number of nitrogens with zero attached hydrogens (tertiary/aromatic N) is 2. The summed E-state index contributed by atoms with van der Waals surface area (Å²) >= 11 is 0. The van der Waals surface area contributed by atoms with Gasteiger partial charge >= 0.3 is 0 Å². The van der Waals surface area contributed by atoms with Gasteiger partial charge in [0.15, 0.2) is 0 Å². The van der Waals surface area contributed by atoms with Gasteiger partial charge < -0.3 is 9.64 Å². The van der Waals surface area contributed by atoms with E-state index in [1.165, 1.54) is 33.6 Å². The lowest BCUT2D eigenvalue weighted by atomic mass is 9.77. The number of piperidine rings is 1. The molecule has 5 aliphatic rings. The van der Waals surface area contributed by atoms with E-state index in [0.29, 0.717) is 17.9 Å². The fourth-order valence-electron chi connectivity index (χ4n) is 7.78. The molecule has 2 aliphatic carbocycles. The minimum absolute atomic E-state index is 0.00529. The Morgan fingerprint density at radius 2 is 1.77 bits per heavy atom. The van der Waals surface area contributed by atoms with Crippen molar-refractivity contribution in [1.82, 2.24) is 5.32 Å². The Kier molecular flexibility index (Phi) is 5.67. The Labute approximate surface area is 236 Å². The topological polar surface area (TPSA) is 48.3 Å². The molecule has 0 amide bonds. The number of nitriles is 1. The second kappa shape index (κ2) is 9.54. The van der Waals surface area contributed by atoms with Crippen molar-refractivity contribution in [3.05, 3.63) is 120 Å². The van der Waals surface area contributed by atoms with Crippen LogP contribution in [0.3, 0.4) is 0 Å². The maximum Gasteiger partial charge on any atom is 0.123 e. The Morgan fingerprint density at radius 1 is 0.900 bits per heavy atom. The number of anilines is 2. The van der Waals surface area contributed by atoms with E-state index in [2.05, 4.69) is 119 Å². The number of hydrogen-bond acceptors (Lipinski definition) is 4. The van der Waals surface area contributed by atoms with Gasteiger partial charge in [-0.3, -0.25) is 5.32 Å². The van der Waals surface area contributed by atoms with Crippen LogP contribution in [0.15, 0.2) is 103 Å². The fourth-order valence-corrected chi connectivity index (χ4v) is 7.78. The number of fused-ring (bicyclic) bond motifs is 7. The third-order valence-electron chi connectivity index (χ3n) is 9.67. The summed E-state index contributed by atoms with van der Waals surface area (Å²) in [5.41, 5.74) is 7.72. The van der Waals surface area contributed by atoms with Crippen molar-refractivity contribution in [2.45, 2.75) is 61.7 Å². The monoisotopic (exact) mass is 523 g/mol. The summed E-state index contributed by atoms with van der Waals surface area (Å²) < 4.78 is 6.64. The first-order valence-corrected chi connectivity index (χ1v) is 14.7. The molecule has 4 nitrogen and oxygen atoms in total. The Hall–Kier alpha value is -4.07. The first-order chi connectivity index (χ1) is 19.8. The highest BCUT2D eigenvalue weighted by Gasteiger charge is 2.50. The van der Waals surface area contributed by atoms with Crippen LogP contribution in [-0.4, -0.2) is 24.2 Å². The summed E-state index contributed by atoms with van der Waals surface area (Å²) in [5, 5.41) is 12.9. The van der Waals surface area contributed by atoms with Gasteiger partial charge in [-0.1, -0.05) is 78.9 Å². The normalized spacial score (nSPS) is 31.3. The SMILES string of the molecule is N#CC1CCCC(C2C=CC(c3cccc(N4c5ccccc5C5C6Oc7ccccc7C6C=CC54)c3)=CC2)N1. The Morgan fingerprint density at radius 3 is 2.65 bits per heavy atom. The highest BCUT2D eigenvalue weighted by Crippen LogP contribution is 2.55. The zero-order chi connectivity index (χ0) is 26.6. The van der Waals surface area contributed by atoms with Crippen molar-refractivity contribution in [2.75, 3.05) is 4.90 Å². The van der Waals surface area contributed by atoms with E-state index in [9.17, 15) is 5.26 Å². The molecule has 198 valence electrons. The van der Waals surface area contributed by atoms with E-state index in [1.807, 2.05) is 0 Å². The lowest BCUT2D eigenvalue weighted by Crippen LogP contribution is -2.45. The molecule has 0 aromatic heterocycles. The van der Waals surface area contributed by atoms with Crippen LogP contribution in [0.2, 0.25) is 0 Å². The second-order valence-corrected chi connectivity index (χ2v) is 11.8. The summed E-state index contributed by atoms with van der Waals surface area (Å²) in [6, 6.07) is 29.4. The van der Waals surface area contributed by atoms with Crippen molar-refractivity contribution in [3.8, 4) is 11.8 Å². The summed E-state index contributed by atoms with van der Waals surface area (Å²) in [6.45, 7) is 0. The smallest absolute Gasteiger partial charge is 0.123 e. The van der Waals surface area contributed by atoms with Gasteiger partial charge in [0, 0.05) is 34.8 Å². The number of hydrogen-bond donors (Lipinski definition) is 1. The number of nitrogens with one attached hydrogen (secondary N) is 1. The van der Waals surface area contributed by atoms with Crippen molar-refractivity contribution in [3.63, 3.8) is 0 Å². The van der Waals surface area contributed by atoms with E-state index in [-0.39, 0.29) is 24.1 Å². The molecule has 3 aromatic rings. The summed E-state index contributed by atoms with van der Waals surface area (Å²) in [6.07, 6.45) is 16.2. The molecule has 4 heteroatoms. The molecule has 1 fully saturated rings. The van der Waals surface area contributed by atoms with Crippen LogP contribution in [0.4, 0.5) is 11.4 Å². The van der Waals surface area contributed by atoms with Crippen molar-refractivity contribution in [2.24, 2.45) is 5.92 Å². The largest absolute Gasteiger partial charge is 0.488 e. The zero-order valence-electron chi connectivity index (χ0n) is 22.5. The van der Waals surface area contributed by atoms with Gasteiger partial charge in [-0.2, -0.15) is 5.26 Å². The standard InChI is InChI=1S/C36H33N3O/c37-22-26-8-6-12-31(38-26)24-17-15-23(16-18-24)25-7-5-9-27(21-25)39-32-13-3-1-11-30(32)35-33(39)20-19-29-28-10-2-4-14-34(28)40-36(29)35/h1-5,7,9-11,13-17,19-21,24,26,29,31,33,35-36,38H,6,8,12,18H2. The summed E-state index contributed by atoms with van der Waals surface area (Å²) in [5.74, 6) is 2.05. The Balaban J connectivity index is 1.09. The van der Waals surface area contributed by atoms with Gasteiger partial charge in [-0.15, -0.1) is 0 Å². The molecule has 8 rings (SSSR count). The molecule has 0 spiro atoms. The van der Waals surface area contributed by atoms with E-state index in [0.717, 1.165) is 31.4 Å². The predicted octanol–water partition coefficient (Wildman–Crippen LogP) is 7.40. The highest BCUT2D eigenvalue weighted by molar-refractivity contribution is 5.81. The third-order valence-corrected chi connectivity index (χ3v) is 9.67. The second-order valence-electron chi connectivity index (χ2n) is 11.8. The van der Waals surface area contributed by atoms with Crippen molar-refractivity contribution < 1.29 is 4.74 Å². The van der Waals surface area contributed by atoms with Gasteiger partial charge in [0.05, 0.1) is 18.2 Å². The summed E-state index contributed by atoms with van der Waals surface area (Å²) in [4.78, 5) is 2.52. The molecular formula is C36H33N3O. The Bertz CT molecular complexity index is 1600. The molecule has 3 aromatic carbocycles. The minimum atomic E-state index is -0.00529. The van der Waals surface area contributed by atoms with Crippen LogP contribution in [0.25, 0.3) is 5.57 Å². The molecule has 0 saturated carbocycles. The van der Waals surface area contributed by atoms with Gasteiger partial charge in [0.1, 0.15) is 11.9 Å². The van der Waals surface area contributed by atoms with Crippen LogP contribution in [0, 0.1) is 17.2 Å². The maximum atomic E-state index is 9.38. The molecule has 3 heterocycles. The molecule has 3 aliphatic heterocycles. The average Bonchev–Trinajstić information content (AvgIpc) is 3.57. The fraction of sp³-hybridized carbons (Fsp3) is 0.306. The molecule has 7 atom stereocenters. The number of ether oxygens (including phenoxy) is 1. The molecule has 7 unspecified atom stereocenters. The molecule has 40 heavy (non-hydrogen) atoms. The minimum Gasteiger partial charge on any atom is -0.488 e. The van der Waals surface area contributed by atoms with E-state index in [1.54, 1.807) is 0 Å².